The van der Waals surface area contributed by atoms with Gasteiger partial charge >= 0.3 is 5.97 Å². The lowest BCUT2D eigenvalue weighted by Gasteiger charge is -2.09. The normalized spacial score (nSPS) is 9.83. The number of hydrogen-bond acceptors (Lipinski definition) is 4. The molecule has 0 fully saturated rings. The smallest absolute Gasteiger partial charge is 0.339 e. The van der Waals surface area contributed by atoms with E-state index < -0.39 is 5.97 Å². The number of aromatic carboxylic acids is 1. The highest BCUT2D eigenvalue weighted by Gasteiger charge is 2.11. The fourth-order valence-corrected chi connectivity index (χ4v) is 1.55. The molecule has 0 atom stereocenters. The lowest BCUT2D eigenvalue weighted by Crippen LogP contribution is -2.01. The highest BCUT2D eigenvalue weighted by molar-refractivity contribution is 5.91. The van der Waals surface area contributed by atoms with Crippen molar-refractivity contribution < 1.29 is 14.6 Å². The molecule has 18 heavy (non-hydrogen) atoms. The SMILES string of the molecule is COc1cc(Nc2ccncc2)ccc1C(=O)O. The predicted octanol–water partition coefficient (Wildman–Crippen LogP) is 2.53. The summed E-state index contributed by atoms with van der Waals surface area (Å²) >= 11 is 0. The molecule has 0 radical (unpaired) electrons. The molecule has 5 heteroatoms. The average molecular weight is 244 g/mol. The maximum Gasteiger partial charge on any atom is 0.339 e. The van der Waals surface area contributed by atoms with Gasteiger partial charge in [-0.1, -0.05) is 0 Å². The van der Waals surface area contributed by atoms with Crippen LogP contribution in [0.5, 0.6) is 5.75 Å². The quantitative estimate of drug-likeness (QED) is 0.864. The van der Waals surface area contributed by atoms with Crippen molar-refractivity contribution in [2.45, 2.75) is 0 Å². The molecule has 0 unspecified atom stereocenters. The van der Waals surface area contributed by atoms with E-state index in [0.29, 0.717) is 5.75 Å². The lowest BCUT2D eigenvalue weighted by molar-refractivity contribution is 0.0693. The maximum atomic E-state index is 10.9. The van der Waals surface area contributed by atoms with Crippen LogP contribution in [0, 0.1) is 0 Å². The topological polar surface area (TPSA) is 71.5 Å². The van der Waals surface area contributed by atoms with Crippen molar-refractivity contribution in [3.63, 3.8) is 0 Å². The summed E-state index contributed by atoms with van der Waals surface area (Å²) in [7, 11) is 1.44. The van der Waals surface area contributed by atoms with Gasteiger partial charge in [-0.05, 0) is 24.3 Å². The fraction of sp³-hybridized carbons (Fsp3) is 0.0769. The van der Waals surface area contributed by atoms with Crippen molar-refractivity contribution in [1.82, 2.24) is 4.98 Å². The summed E-state index contributed by atoms with van der Waals surface area (Å²) in [5.41, 5.74) is 1.76. The lowest BCUT2D eigenvalue weighted by atomic mass is 10.2. The number of carbonyl (C=O) groups is 1. The zero-order chi connectivity index (χ0) is 13.0. The van der Waals surface area contributed by atoms with Crippen LogP contribution in [-0.2, 0) is 0 Å². The molecule has 5 nitrogen and oxygen atoms in total. The number of pyridine rings is 1. The summed E-state index contributed by atoms with van der Waals surface area (Å²) in [5.74, 6) is -0.691. The van der Waals surface area contributed by atoms with Gasteiger partial charge in [-0.2, -0.15) is 0 Å². The van der Waals surface area contributed by atoms with Crippen LogP contribution >= 0.6 is 0 Å². The van der Waals surface area contributed by atoms with Crippen LogP contribution < -0.4 is 10.1 Å². The van der Waals surface area contributed by atoms with Gasteiger partial charge in [-0.15, -0.1) is 0 Å². The van der Waals surface area contributed by atoms with Gasteiger partial charge in [0.2, 0.25) is 0 Å². The van der Waals surface area contributed by atoms with Crippen molar-refractivity contribution in [1.29, 1.82) is 0 Å². The Balaban J connectivity index is 2.28. The Hall–Kier alpha value is -2.56. The molecule has 1 aromatic heterocycles. The fourth-order valence-electron chi connectivity index (χ4n) is 1.55. The van der Waals surface area contributed by atoms with E-state index in [0.717, 1.165) is 11.4 Å². The van der Waals surface area contributed by atoms with Gasteiger partial charge in [0.15, 0.2) is 0 Å². The van der Waals surface area contributed by atoms with Gasteiger partial charge in [0.05, 0.1) is 7.11 Å². The summed E-state index contributed by atoms with van der Waals surface area (Å²) < 4.78 is 5.05. The van der Waals surface area contributed by atoms with Crippen LogP contribution in [0.15, 0.2) is 42.7 Å². The second kappa shape index (κ2) is 5.18. The third-order valence-corrected chi connectivity index (χ3v) is 2.40. The summed E-state index contributed by atoms with van der Waals surface area (Å²) in [6, 6.07) is 8.47. The third-order valence-electron chi connectivity index (χ3n) is 2.40. The summed E-state index contributed by atoms with van der Waals surface area (Å²) in [6.07, 6.45) is 3.34. The first-order valence-corrected chi connectivity index (χ1v) is 5.29. The van der Waals surface area contributed by atoms with Gasteiger partial charge in [-0.3, -0.25) is 4.98 Å². The molecular formula is C13H12N2O3. The Morgan fingerprint density at radius 2 is 1.94 bits per heavy atom. The van der Waals surface area contributed by atoms with Gasteiger partial charge < -0.3 is 15.2 Å². The highest BCUT2D eigenvalue weighted by atomic mass is 16.5. The van der Waals surface area contributed by atoms with E-state index in [4.69, 9.17) is 9.84 Å². The number of nitrogens with zero attached hydrogens (tertiary/aromatic N) is 1. The van der Waals surface area contributed by atoms with E-state index in [2.05, 4.69) is 10.3 Å². The Kier molecular flexibility index (Phi) is 3.43. The van der Waals surface area contributed by atoms with Crippen LogP contribution in [0.2, 0.25) is 0 Å². The molecule has 2 rings (SSSR count). The molecule has 2 aromatic rings. The van der Waals surface area contributed by atoms with Crippen LogP contribution in [-0.4, -0.2) is 23.2 Å². The minimum atomic E-state index is -1.01. The van der Waals surface area contributed by atoms with Gasteiger partial charge in [0.25, 0.3) is 0 Å². The molecule has 0 aliphatic heterocycles. The number of nitrogens with one attached hydrogen (secondary N) is 1. The van der Waals surface area contributed by atoms with Crippen molar-refractivity contribution >= 4 is 17.3 Å². The second-order valence-electron chi connectivity index (χ2n) is 3.58. The Morgan fingerprint density at radius 3 is 2.56 bits per heavy atom. The molecule has 1 heterocycles. The van der Waals surface area contributed by atoms with Crippen molar-refractivity contribution in [2.24, 2.45) is 0 Å². The largest absolute Gasteiger partial charge is 0.496 e. The number of anilines is 2. The van der Waals surface area contributed by atoms with E-state index in [1.54, 1.807) is 24.5 Å². The maximum absolute atomic E-state index is 10.9. The predicted molar refractivity (Wildman–Crippen MR) is 67.5 cm³/mol. The number of aromatic nitrogens is 1. The van der Waals surface area contributed by atoms with Crippen LogP contribution in [0.3, 0.4) is 0 Å². The van der Waals surface area contributed by atoms with E-state index in [9.17, 15) is 4.79 Å². The molecule has 0 saturated carbocycles. The molecular weight excluding hydrogens is 232 g/mol. The van der Waals surface area contributed by atoms with E-state index in [-0.39, 0.29) is 5.56 Å². The number of benzene rings is 1. The molecule has 0 spiro atoms. The third kappa shape index (κ3) is 2.57. The Labute approximate surface area is 104 Å². The first-order chi connectivity index (χ1) is 8.70. The number of rotatable bonds is 4. The van der Waals surface area contributed by atoms with Crippen molar-refractivity contribution in [3.05, 3.63) is 48.3 Å². The summed E-state index contributed by atoms with van der Waals surface area (Å²) in [6.45, 7) is 0. The van der Waals surface area contributed by atoms with Crippen molar-refractivity contribution in [2.75, 3.05) is 12.4 Å². The summed E-state index contributed by atoms with van der Waals surface area (Å²) in [5, 5.41) is 12.1. The zero-order valence-corrected chi connectivity index (χ0v) is 9.75. The average Bonchev–Trinajstić information content (AvgIpc) is 2.39. The Bertz CT molecular complexity index is 555. The molecule has 2 N–H and O–H groups in total. The first kappa shape index (κ1) is 11.9. The molecule has 0 aliphatic rings. The van der Waals surface area contributed by atoms with Gasteiger partial charge in [0, 0.05) is 29.8 Å². The van der Waals surface area contributed by atoms with E-state index >= 15 is 0 Å². The molecule has 0 bridgehead atoms. The standard InChI is InChI=1S/C13H12N2O3/c1-18-12-8-10(2-3-11(12)13(16)17)15-9-4-6-14-7-5-9/h2-8H,1H3,(H,14,15)(H,16,17). The number of carboxylic acids is 1. The minimum absolute atomic E-state index is 0.137. The number of ether oxygens (including phenoxy) is 1. The van der Waals surface area contributed by atoms with E-state index in [1.807, 2.05) is 12.1 Å². The molecule has 0 saturated heterocycles. The number of methoxy groups -OCH3 is 1. The highest BCUT2D eigenvalue weighted by Crippen LogP contribution is 2.25. The van der Waals surface area contributed by atoms with Crippen LogP contribution in [0.1, 0.15) is 10.4 Å². The molecule has 0 amide bonds. The monoisotopic (exact) mass is 244 g/mol. The molecule has 1 aromatic carbocycles. The van der Waals surface area contributed by atoms with Gasteiger partial charge in [-0.25, -0.2) is 4.79 Å². The molecule has 0 aliphatic carbocycles. The van der Waals surface area contributed by atoms with Crippen LogP contribution in [0.25, 0.3) is 0 Å². The second-order valence-corrected chi connectivity index (χ2v) is 3.58. The van der Waals surface area contributed by atoms with Crippen LogP contribution in [0.4, 0.5) is 11.4 Å². The first-order valence-electron chi connectivity index (χ1n) is 5.29. The number of carboxylic acid groups (broad SMARTS) is 1. The van der Waals surface area contributed by atoms with E-state index in [1.165, 1.54) is 13.2 Å². The zero-order valence-electron chi connectivity index (χ0n) is 9.75. The Morgan fingerprint density at radius 1 is 1.22 bits per heavy atom. The number of hydrogen-bond donors (Lipinski definition) is 2. The molecule has 92 valence electrons. The summed E-state index contributed by atoms with van der Waals surface area (Å²) in [4.78, 5) is 14.9. The minimum Gasteiger partial charge on any atom is -0.496 e. The van der Waals surface area contributed by atoms with Crippen molar-refractivity contribution in [3.8, 4) is 5.75 Å². The van der Waals surface area contributed by atoms with Gasteiger partial charge in [0.1, 0.15) is 11.3 Å².